The predicted molar refractivity (Wildman–Crippen MR) is 73.2 cm³/mol. The Morgan fingerprint density at radius 1 is 1.40 bits per heavy atom. The zero-order valence-electron chi connectivity index (χ0n) is 11.6. The van der Waals surface area contributed by atoms with E-state index >= 15 is 0 Å². The summed E-state index contributed by atoms with van der Waals surface area (Å²) in [5.41, 5.74) is 1.24. The zero-order valence-corrected chi connectivity index (χ0v) is 11.6. The summed E-state index contributed by atoms with van der Waals surface area (Å²) in [6.45, 7) is 5.35. The molecule has 1 N–H and O–H groups in total. The van der Waals surface area contributed by atoms with E-state index in [1.807, 2.05) is 13.8 Å². The quantitative estimate of drug-likeness (QED) is 0.682. The van der Waals surface area contributed by atoms with Gasteiger partial charge in [0.15, 0.2) is 11.6 Å². The van der Waals surface area contributed by atoms with Crippen LogP contribution in [0, 0.1) is 17.0 Å². The van der Waals surface area contributed by atoms with Gasteiger partial charge in [0.25, 0.3) is 5.69 Å². The third-order valence-corrected chi connectivity index (χ3v) is 3.17. The number of aliphatic hydroxyl groups excluding tert-OH is 1. The highest BCUT2D eigenvalue weighted by Crippen LogP contribution is 2.30. The molecule has 0 amide bonds. The summed E-state index contributed by atoms with van der Waals surface area (Å²) in [5, 5.41) is 28.3. The Labute approximate surface area is 116 Å². The summed E-state index contributed by atoms with van der Waals surface area (Å²) >= 11 is 0. The molecular weight excluding hydrogens is 260 g/mol. The Bertz CT molecular complexity index is 649. The highest BCUT2D eigenvalue weighted by Gasteiger charge is 2.21. The van der Waals surface area contributed by atoms with Crippen molar-refractivity contribution in [2.75, 3.05) is 0 Å². The van der Waals surface area contributed by atoms with Crippen LogP contribution in [0.25, 0.3) is 11.4 Å². The van der Waals surface area contributed by atoms with Gasteiger partial charge in [0.2, 0.25) is 0 Å². The highest BCUT2D eigenvalue weighted by molar-refractivity contribution is 5.66. The van der Waals surface area contributed by atoms with Crippen molar-refractivity contribution in [3.8, 4) is 11.4 Å². The summed E-state index contributed by atoms with van der Waals surface area (Å²) in [4.78, 5) is 10.6. The van der Waals surface area contributed by atoms with Crippen molar-refractivity contribution in [3.05, 3.63) is 39.7 Å². The molecule has 0 saturated heterocycles. The van der Waals surface area contributed by atoms with Crippen molar-refractivity contribution in [3.63, 3.8) is 0 Å². The maximum absolute atomic E-state index is 11.0. The molecule has 1 aromatic carbocycles. The topological polar surface area (TPSA) is 94.1 Å². The van der Waals surface area contributed by atoms with E-state index in [9.17, 15) is 15.2 Å². The van der Waals surface area contributed by atoms with Crippen LogP contribution in [-0.2, 0) is 6.61 Å². The summed E-state index contributed by atoms with van der Waals surface area (Å²) in [5.74, 6) is 0.978. The molecule has 0 spiro atoms. The first-order chi connectivity index (χ1) is 9.47. The highest BCUT2D eigenvalue weighted by atomic mass is 16.6. The first-order valence-corrected chi connectivity index (χ1v) is 6.26. The van der Waals surface area contributed by atoms with Crippen LogP contribution >= 0.6 is 0 Å². The summed E-state index contributed by atoms with van der Waals surface area (Å²) in [6.07, 6.45) is 0. The van der Waals surface area contributed by atoms with Crippen LogP contribution < -0.4 is 0 Å². The predicted octanol–water partition coefficient (Wildman–Crippen LogP) is 2.23. The number of nitro benzene ring substituents is 1. The number of nitrogens with zero attached hydrogens (tertiary/aromatic N) is 4. The third-order valence-electron chi connectivity index (χ3n) is 3.17. The van der Waals surface area contributed by atoms with Gasteiger partial charge >= 0.3 is 0 Å². The van der Waals surface area contributed by atoms with E-state index in [0.29, 0.717) is 22.8 Å². The Morgan fingerprint density at radius 3 is 2.65 bits per heavy atom. The molecule has 2 aromatic rings. The molecule has 0 atom stereocenters. The van der Waals surface area contributed by atoms with E-state index in [2.05, 4.69) is 10.2 Å². The lowest BCUT2D eigenvalue weighted by molar-refractivity contribution is -0.385. The van der Waals surface area contributed by atoms with Crippen LogP contribution in [-0.4, -0.2) is 24.8 Å². The van der Waals surface area contributed by atoms with Crippen LogP contribution in [0.1, 0.15) is 31.3 Å². The van der Waals surface area contributed by atoms with Gasteiger partial charge in [-0.05, 0) is 20.8 Å². The minimum absolute atomic E-state index is 0.0424. The van der Waals surface area contributed by atoms with E-state index in [1.54, 1.807) is 23.6 Å². The first kappa shape index (κ1) is 14.1. The van der Waals surface area contributed by atoms with Gasteiger partial charge in [0.1, 0.15) is 6.61 Å². The average molecular weight is 276 g/mol. The van der Waals surface area contributed by atoms with Crippen molar-refractivity contribution in [2.24, 2.45) is 0 Å². The fourth-order valence-electron chi connectivity index (χ4n) is 2.22. The number of benzene rings is 1. The van der Waals surface area contributed by atoms with Gasteiger partial charge in [0, 0.05) is 23.2 Å². The molecule has 7 nitrogen and oxygen atoms in total. The Kier molecular flexibility index (Phi) is 3.80. The minimum Gasteiger partial charge on any atom is -0.388 e. The second-order valence-electron chi connectivity index (χ2n) is 4.77. The third kappa shape index (κ3) is 2.27. The molecule has 0 bridgehead atoms. The van der Waals surface area contributed by atoms with E-state index in [0.717, 1.165) is 0 Å². The number of aromatic nitrogens is 3. The molecule has 0 aliphatic heterocycles. The van der Waals surface area contributed by atoms with Gasteiger partial charge in [-0.3, -0.25) is 10.1 Å². The Balaban J connectivity index is 2.66. The molecule has 0 saturated carbocycles. The minimum atomic E-state index is -0.415. The largest absolute Gasteiger partial charge is 0.388 e. The van der Waals surface area contributed by atoms with E-state index in [4.69, 9.17) is 0 Å². The van der Waals surface area contributed by atoms with Crippen LogP contribution in [0.3, 0.4) is 0 Å². The van der Waals surface area contributed by atoms with Crippen LogP contribution in [0.5, 0.6) is 0 Å². The molecule has 2 rings (SSSR count). The van der Waals surface area contributed by atoms with E-state index < -0.39 is 4.92 Å². The van der Waals surface area contributed by atoms with Crippen molar-refractivity contribution in [1.29, 1.82) is 0 Å². The molecular formula is C13H16N4O3. The monoisotopic (exact) mass is 276 g/mol. The van der Waals surface area contributed by atoms with Crippen molar-refractivity contribution in [2.45, 2.75) is 33.4 Å². The molecule has 0 radical (unpaired) electrons. The summed E-state index contributed by atoms with van der Waals surface area (Å²) in [7, 11) is 0. The molecule has 0 aliphatic carbocycles. The fraction of sp³-hybridized carbons (Fsp3) is 0.385. The van der Waals surface area contributed by atoms with Gasteiger partial charge in [0.05, 0.1) is 4.92 Å². The summed E-state index contributed by atoms with van der Waals surface area (Å²) in [6, 6.07) is 4.90. The molecule has 0 fully saturated rings. The lowest BCUT2D eigenvalue weighted by Gasteiger charge is -2.14. The van der Waals surface area contributed by atoms with Crippen LogP contribution in [0.15, 0.2) is 18.2 Å². The van der Waals surface area contributed by atoms with Crippen LogP contribution in [0.4, 0.5) is 5.69 Å². The molecule has 0 unspecified atom stereocenters. The van der Waals surface area contributed by atoms with Crippen molar-refractivity contribution < 1.29 is 10.0 Å². The standard InChI is InChI=1S/C13H16N4O3/c1-8(2)16-12(7-18)14-15-13(16)10-5-4-6-11(9(10)3)17(19)20/h4-6,8,18H,7H2,1-3H3. The zero-order chi connectivity index (χ0) is 14.9. The number of aliphatic hydroxyl groups is 1. The SMILES string of the molecule is Cc1c(-c2nnc(CO)n2C(C)C)cccc1[N+](=O)[O-]. The molecule has 106 valence electrons. The normalized spacial score (nSPS) is 11.1. The molecule has 7 heteroatoms. The molecule has 0 aliphatic rings. The number of rotatable bonds is 4. The maximum Gasteiger partial charge on any atom is 0.273 e. The average Bonchev–Trinajstić information content (AvgIpc) is 2.82. The van der Waals surface area contributed by atoms with Gasteiger partial charge < -0.3 is 9.67 Å². The Hall–Kier alpha value is -2.28. The molecule has 1 heterocycles. The smallest absolute Gasteiger partial charge is 0.273 e. The maximum atomic E-state index is 11.0. The van der Waals surface area contributed by atoms with Gasteiger partial charge in [-0.25, -0.2) is 0 Å². The fourth-order valence-corrected chi connectivity index (χ4v) is 2.22. The number of hydrogen-bond acceptors (Lipinski definition) is 5. The van der Waals surface area contributed by atoms with Gasteiger partial charge in [-0.1, -0.05) is 12.1 Å². The van der Waals surface area contributed by atoms with Crippen molar-refractivity contribution >= 4 is 5.69 Å². The molecule has 1 aromatic heterocycles. The molecule has 20 heavy (non-hydrogen) atoms. The lowest BCUT2D eigenvalue weighted by Crippen LogP contribution is -2.08. The number of nitro groups is 1. The lowest BCUT2D eigenvalue weighted by atomic mass is 10.1. The van der Waals surface area contributed by atoms with Crippen LogP contribution in [0.2, 0.25) is 0 Å². The summed E-state index contributed by atoms with van der Waals surface area (Å²) < 4.78 is 1.78. The van der Waals surface area contributed by atoms with Crippen molar-refractivity contribution in [1.82, 2.24) is 14.8 Å². The van der Waals surface area contributed by atoms with Gasteiger partial charge in [-0.15, -0.1) is 10.2 Å². The number of hydrogen-bond donors (Lipinski definition) is 1. The first-order valence-electron chi connectivity index (χ1n) is 6.26. The second kappa shape index (κ2) is 5.38. The second-order valence-corrected chi connectivity index (χ2v) is 4.77. The van der Waals surface area contributed by atoms with Gasteiger partial charge in [-0.2, -0.15) is 0 Å². The van der Waals surface area contributed by atoms with E-state index in [-0.39, 0.29) is 18.3 Å². The Morgan fingerprint density at radius 2 is 2.10 bits per heavy atom. The van der Waals surface area contributed by atoms with E-state index in [1.165, 1.54) is 6.07 Å².